The summed E-state index contributed by atoms with van der Waals surface area (Å²) in [5, 5.41) is 4.92. The second kappa shape index (κ2) is 14.0. The maximum atomic E-state index is 5.18. The van der Waals surface area contributed by atoms with Crippen LogP contribution in [0.5, 0.6) is 0 Å². The van der Waals surface area contributed by atoms with Gasteiger partial charge in [-0.2, -0.15) is 0 Å². The molecule has 4 heteroatoms. The van der Waals surface area contributed by atoms with Gasteiger partial charge < -0.3 is 9.13 Å². The molecule has 3 aromatic heterocycles. The first-order valence-electron chi connectivity index (χ1n) is 22.2. The van der Waals surface area contributed by atoms with Crippen LogP contribution >= 0.6 is 0 Å². The third-order valence-corrected chi connectivity index (χ3v) is 13.5. The van der Waals surface area contributed by atoms with Crippen LogP contribution in [0.2, 0.25) is 0 Å². The van der Waals surface area contributed by atoms with E-state index < -0.39 is 0 Å². The molecule has 0 N–H and O–H groups in total. The van der Waals surface area contributed by atoms with Crippen molar-refractivity contribution < 1.29 is 0 Å². The van der Waals surface area contributed by atoms with Gasteiger partial charge in [0.15, 0.2) is 5.82 Å². The number of rotatable bonds is 6. The summed E-state index contributed by atoms with van der Waals surface area (Å²) in [7, 11) is 0. The van der Waals surface area contributed by atoms with Crippen LogP contribution in [-0.2, 0) is 0 Å². The van der Waals surface area contributed by atoms with Gasteiger partial charge in [-0.05, 0) is 99.6 Å². The third kappa shape index (κ3) is 5.57. The fourth-order valence-corrected chi connectivity index (χ4v) is 10.5. The van der Waals surface area contributed by atoms with Crippen LogP contribution in [0.1, 0.15) is 11.1 Å². The number of nitrogens with zero attached hydrogens (tertiary/aromatic N) is 4. The molecule has 9 aromatic carbocycles. The molecule has 0 unspecified atom stereocenters. The highest BCUT2D eigenvalue weighted by atomic mass is 15.0. The minimum atomic E-state index is 0.704. The van der Waals surface area contributed by atoms with Crippen molar-refractivity contribution in [3.63, 3.8) is 0 Å². The average Bonchev–Trinajstić information content (AvgIpc) is 4.03. The van der Waals surface area contributed by atoms with Crippen molar-refractivity contribution >= 4 is 49.2 Å². The molecule has 3 heterocycles. The summed E-state index contributed by atoms with van der Waals surface area (Å²) in [4.78, 5) is 10.2. The summed E-state index contributed by atoms with van der Waals surface area (Å²) >= 11 is 0. The molecular weight excluding hydrogens is 789 g/mol. The smallest absolute Gasteiger partial charge is 0.160 e. The Hall–Kier alpha value is -8.60. The Kier molecular flexibility index (Phi) is 7.71. The van der Waals surface area contributed by atoms with Crippen LogP contribution in [0.15, 0.2) is 224 Å². The van der Waals surface area contributed by atoms with E-state index in [1.165, 1.54) is 83.1 Å². The van der Waals surface area contributed by atoms with Gasteiger partial charge in [-0.1, -0.05) is 164 Å². The van der Waals surface area contributed by atoms with Gasteiger partial charge in [0.1, 0.15) is 0 Å². The van der Waals surface area contributed by atoms with Crippen molar-refractivity contribution in [2.75, 3.05) is 0 Å². The summed E-state index contributed by atoms with van der Waals surface area (Å²) < 4.78 is 4.85. The maximum Gasteiger partial charge on any atom is 0.160 e. The van der Waals surface area contributed by atoms with Crippen LogP contribution in [0, 0.1) is 5.92 Å². The lowest BCUT2D eigenvalue weighted by Crippen LogP contribution is -2.01. The highest BCUT2D eigenvalue weighted by molar-refractivity contribution is 6.17. The van der Waals surface area contributed by atoms with Crippen molar-refractivity contribution in [2.24, 2.45) is 0 Å². The normalized spacial score (nSPS) is 13.0. The molecule has 0 atom stereocenters. The molecule has 0 aliphatic heterocycles. The monoisotopic (exact) mass is 825 g/mol. The molecule has 0 saturated carbocycles. The molecular formula is C61H37N4. The third-order valence-electron chi connectivity index (χ3n) is 13.5. The number of para-hydroxylation sites is 2. The first kappa shape index (κ1) is 35.9. The standard InChI is InChI=1S/C61H37N4/c1-3-15-38(16-4-1)54-37-55(63-61(62-54)39-17-5-2-6-18-39)41-19-13-20-42(33-41)65-57-27-12-10-24-49(57)60-44(25-14-28-59(60)65)40-29-32-58-53(34-40)48-23-9-11-26-56(48)64(58)43-30-31-47-50(35-43)45-21-7-8-22-46(45)51-36-52(47)51/h1-37H. The molecule has 2 aliphatic carbocycles. The minimum Gasteiger partial charge on any atom is -0.309 e. The predicted molar refractivity (Wildman–Crippen MR) is 268 cm³/mol. The molecule has 0 bridgehead atoms. The maximum absolute atomic E-state index is 5.18. The zero-order chi connectivity index (χ0) is 42.6. The molecule has 2 aliphatic rings. The number of hydrogen-bond acceptors (Lipinski definition) is 2. The lowest BCUT2D eigenvalue weighted by molar-refractivity contribution is 1.16. The molecule has 1 radical (unpaired) electrons. The van der Waals surface area contributed by atoms with Crippen LogP contribution in [0.3, 0.4) is 0 Å². The van der Waals surface area contributed by atoms with E-state index in [1.54, 1.807) is 0 Å². The van der Waals surface area contributed by atoms with Crippen LogP contribution in [-0.4, -0.2) is 19.1 Å². The first-order chi connectivity index (χ1) is 32.2. The van der Waals surface area contributed by atoms with E-state index in [2.05, 4.69) is 209 Å². The van der Waals surface area contributed by atoms with Crippen molar-refractivity contribution in [1.29, 1.82) is 0 Å². The number of allylic oxidation sites excluding steroid dienone is 2. The lowest BCUT2D eigenvalue weighted by Gasteiger charge is -2.20. The van der Waals surface area contributed by atoms with E-state index in [1.807, 2.05) is 24.3 Å². The Morgan fingerprint density at radius 2 is 0.908 bits per heavy atom. The number of benzene rings is 9. The number of hydrogen-bond donors (Lipinski definition) is 0. The molecule has 12 aromatic rings. The van der Waals surface area contributed by atoms with E-state index in [9.17, 15) is 0 Å². The Morgan fingerprint density at radius 3 is 1.74 bits per heavy atom. The zero-order valence-electron chi connectivity index (χ0n) is 35.2. The molecule has 301 valence electrons. The van der Waals surface area contributed by atoms with E-state index in [-0.39, 0.29) is 0 Å². The highest BCUT2D eigenvalue weighted by Gasteiger charge is 2.37. The summed E-state index contributed by atoms with van der Waals surface area (Å²) in [6.45, 7) is 0. The van der Waals surface area contributed by atoms with Crippen molar-refractivity contribution in [2.45, 2.75) is 0 Å². The number of aromatic nitrogens is 4. The van der Waals surface area contributed by atoms with Gasteiger partial charge in [0.25, 0.3) is 0 Å². The predicted octanol–water partition coefficient (Wildman–Crippen LogP) is 15.3. The largest absolute Gasteiger partial charge is 0.309 e. The van der Waals surface area contributed by atoms with E-state index >= 15 is 0 Å². The SMILES string of the molecule is C1=C2[C]1c1ccccc1-c1cc(-n3c4ccccc4c4cc(-c5cccc6c5c5ccccc5n6-c5cccc(-c6cc(-c7ccccc7)nc(-c7ccccc7)n6)c5)ccc43)ccc12. The van der Waals surface area contributed by atoms with E-state index in [4.69, 9.17) is 9.97 Å². The Labute approximate surface area is 375 Å². The van der Waals surface area contributed by atoms with Gasteiger partial charge >= 0.3 is 0 Å². The summed E-state index contributed by atoms with van der Waals surface area (Å²) in [6, 6.07) is 78.8. The van der Waals surface area contributed by atoms with Crippen molar-refractivity contribution in [3.8, 4) is 67.5 Å². The molecule has 4 nitrogen and oxygen atoms in total. The fourth-order valence-electron chi connectivity index (χ4n) is 10.5. The highest BCUT2D eigenvalue weighted by Crippen LogP contribution is 2.55. The Bertz CT molecular complexity index is 3890. The van der Waals surface area contributed by atoms with E-state index in [0.29, 0.717) is 5.82 Å². The first-order valence-corrected chi connectivity index (χ1v) is 22.2. The Morgan fingerprint density at radius 1 is 0.308 bits per heavy atom. The van der Waals surface area contributed by atoms with Gasteiger partial charge in [-0.15, -0.1) is 0 Å². The fraction of sp³-hybridized carbons (Fsp3) is 0. The van der Waals surface area contributed by atoms with Gasteiger partial charge in [0.05, 0.1) is 39.4 Å². The summed E-state index contributed by atoms with van der Waals surface area (Å²) in [5.41, 5.74) is 20.8. The number of fused-ring (bicyclic) bond motifs is 12. The van der Waals surface area contributed by atoms with Crippen LogP contribution in [0.4, 0.5) is 0 Å². The average molecular weight is 826 g/mol. The topological polar surface area (TPSA) is 35.6 Å². The van der Waals surface area contributed by atoms with Crippen molar-refractivity contribution in [1.82, 2.24) is 19.1 Å². The Balaban J connectivity index is 0.918. The summed E-state index contributed by atoms with van der Waals surface area (Å²) in [5.74, 6) is 2.09. The summed E-state index contributed by atoms with van der Waals surface area (Å²) in [6.07, 6.45) is 2.32. The molecule has 0 spiro atoms. The second-order valence-electron chi connectivity index (χ2n) is 17.1. The molecule has 65 heavy (non-hydrogen) atoms. The van der Waals surface area contributed by atoms with Gasteiger partial charge in [0, 0.05) is 49.6 Å². The molecule has 0 fully saturated rings. The van der Waals surface area contributed by atoms with Crippen LogP contribution in [0.25, 0.3) is 117 Å². The van der Waals surface area contributed by atoms with Gasteiger partial charge in [-0.3, -0.25) is 0 Å². The lowest BCUT2D eigenvalue weighted by atomic mass is 9.85. The quantitative estimate of drug-likeness (QED) is 0.167. The van der Waals surface area contributed by atoms with Gasteiger partial charge in [-0.25, -0.2) is 9.97 Å². The zero-order valence-corrected chi connectivity index (χ0v) is 35.2. The molecule has 14 rings (SSSR count). The van der Waals surface area contributed by atoms with E-state index in [0.717, 1.165) is 44.8 Å². The molecule has 0 amide bonds. The van der Waals surface area contributed by atoms with Crippen molar-refractivity contribution in [3.05, 3.63) is 242 Å². The van der Waals surface area contributed by atoms with Gasteiger partial charge in [0.2, 0.25) is 0 Å². The minimum absolute atomic E-state index is 0.704. The second-order valence-corrected chi connectivity index (χ2v) is 17.1. The van der Waals surface area contributed by atoms with Crippen LogP contribution < -0.4 is 0 Å². The molecule has 0 saturated heterocycles.